The van der Waals surface area contributed by atoms with Crippen molar-refractivity contribution < 1.29 is 9.53 Å². The molecule has 1 aliphatic heterocycles. The first kappa shape index (κ1) is 22.1. The first-order valence-electron chi connectivity index (χ1n) is 10.00. The number of ether oxygens (including phenoxy) is 1. The number of para-hydroxylation sites is 1. The van der Waals surface area contributed by atoms with Crippen molar-refractivity contribution in [3.05, 3.63) is 62.9 Å². The number of rotatable bonds is 5. The Bertz CT molecular complexity index is 1180. The number of halogens is 2. The van der Waals surface area contributed by atoms with Crippen molar-refractivity contribution in [2.24, 2.45) is 0 Å². The number of hydrogen-bond donors (Lipinski definition) is 0. The van der Waals surface area contributed by atoms with Crippen molar-refractivity contribution in [2.45, 2.75) is 23.8 Å². The van der Waals surface area contributed by atoms with Crippen LogP contribution >= 0.6 is 35.0 Å². The molecule has 0 saturated carbocycles. The van der Waals surface area contributed by atoms with Crippen LogP contribution in [0, 0.1) is 0 Å². The van der Waals surface area contributed by atoms with Crippen molar-refractivity contribution in [2.75, 3.05) is 26.3 Å². The number of carbonyl (C=O) groups excluding carboxylic acids is 1. The van der Waals surface area contributed by atoms with Crippen LogP contribution in [-0.4, -0.2) is 51.9 Å². The third-order valence-corrected chi connectivity index (χ3v) is 7.17. The molecule has 1 aliphatic rings. The summed E-state index contributed by atoms with van der Waals surface area (Å²) in [5.74, 6) is 0.0268. The number of fused-ring (bicyclic) bond motifs is 1. The number of aromatic nitrogens is 2. The summed E-state index contributed by atoms with van der Waals surface area (Å²) < 4.78 is 6.87. The molecule has 6 nitrogen and oxygen atoms in total. The fourth-order valence-corrected chi connectivity index (χ4v) is 4.87. The Hall–Kier alpha value is -2.06. The Labute approximate surface area is 194 Å². The van der Waals surface area contributed by atoms with Gasteiger partial charge in [-0.05, 0) is 36.8 Å². The van der Waals surface area contributed by atoms with Gasteiger partial charge in [-0.15, -0.1) is 0 Å². The summed E-state index contributed by atoms with van der Waals surface area (Å²) in [5.41, 5.74) is 0.911. The lowest BCUT2D eigenvalue weighted by molar-refractivity contribution is -0.134. The van der Waals surface area contributed by atoms with E-state index in [-0.39, 0.29) is 16.7 Å². The molecule has 0 radical (unpaired) electrons. The smallest absolute Gasteiger partial charge is 0.266 e. The summed E-state index contributed by atoms with van der Waals surface area (Å²) in [6, 6.07) is 12.2. The van der Waals surface area contributed by atoms with Gasteiger partial charge in [0.15, 0.2) is 5.16 Å². The molecule has 0 spiro atoms. The third-order valence-electron chi connectivity index (χ3n) is 5.12. The minimum absolute atomic E-state index is 0.0268. The van der Waals surface area contributed by atoms with Crippen LogP contribution in [0.3, 0.4) is 0 Å². The highest BCUT2D eigenvalue weighted by atomic mass is 35.5. The van der Waals surface area contributed by atoms with Crippen LogP contribution in [0.25, 0.3) is 16.6 Å². The lowest BCUT2D eigenvalue weighted by atomic mass is 10.2. The van der Waals surface area contributed by atoms with E-state index >= 15 is 0 Å². The van der Waals surface area contributed by atoms with E-state index in [1.807, 2.05) is 17.9 Å². The average Bonchev–Trinajstić information content (AvgIpc) is 2.80. The Balaban J connectivity index is 1.80. The van der Waals surface area contributed by atoms with Crippen LogP contribution in [0.15, 0.2) is 52.4 Å². The molecule has 9 heteroatoms. The van der Waals surface area contributed by atoms with Crippen molar-refractivity contribution in [1.82, 2.24) is 14.5 Å². The minimum Gasteiger partial charge on any atom is -0.378 e. The lowest BCUT2D eigenvalue weighted by Gasteiger charge is -2.30. The number of nitrogens with zero attached hydrogens (tertiary/aromatic N) is 3. The second-order valence-corrected chi connectivity index (χ2v) is 9.09. The van der Waals surface area contributed by atoms with E-state index in [0.29, 0.717) is 64.5 Å². The summed E-state index contributed by atoms with van der Waals surface area (Å²) in [4.78, 5) is 33.1. The molecule has 1 amide bonds. The lowest BCUT2D eigenvalue weighted by Crippen LogP contribution is -2.44. The molecular formula is C22H21Cl2N3O3S. The standard InChI is InChI=1S/C22H21Cl2N3O3S/c1-2-19(21(29)26-9-11-30-12-10-26)31-22-25-18-6-4-3-5-15(18)20(28)27(22)14-7-8-16(23)17(24)13-14/h3-8,13,19H,2,9-12H2,1H3. The molecule has 2 heterocycles. The first-order valence-corrected chi connectivity index (χ1v) is 11.6. The first-order chi connectivity index (χ1) is 15.0. The van der Waals surface area contributed by atoms with E-state index < -0.39 is 0 Å². The van der Waals surface area contributed by atoms with Crippen LogP contribution in [-0.2, 0) is 9.53 Å². The van der Waals surface area contributed by atoms with Crippen molar-refractivity contribution in [1.29, 1.82) is 0 Å². The Kier molecular flexibility index (Phi) is 6.86. The Morgan fingerprint density at radius 3 is 2.61 bits per heavy atom. The van der Waals surface area contributed by atoms with Crippen LogP contribution in [0.1, 0.15) is 13.3 Å². The number of morpholine rings is 1. The molecule has 1 aromatic heterocycles. The molecule has 31 heavy (non-hydrogen) atoms. The van der Waals surface area contributed by atoms with Crippen LogP contribution in [0.5, 0.6) is 0 Å². The van der Waals surface area contributed by atoms with Gasteiger partial charge >= 0.3 is 0 Å². The van der Waals surface area contributed by atoms with E-state index in [9.17, 15) is 9.59 Å². The molecule has 1 atom stereocenters. The topological polar surface area (TPSA) is 64.4 Å². The van der Waals surface area contributed by atoms with Gasteiger partial charge in [-0.2, -0.15) is 0 Å². The van der Waals surface area contributed by atoms with E-state index in [4.69, 9.17) is 32.9 Å². The van der Waals surface area contributed by atoms with E-state index in [1.165, 1.54) is 16.3 Å². The summed E-state index contributed by atoms with van der Waals surface area (Å²) in [6.45, 7) is 4.17. The number of benzene rings is 2. The maximum absolute atomic E-state index is 13.4. The van der Waals surface area contributed by atoms with E-state index in [2.05, 4.69) is 0 Å². The molecular weight excluding hydrogens is 457 g/mol. The predicted molar refractivity (Wildman–Crippen MR) is 125 cm³/mol. The number of amides is 1. The fourth-order valence-electron chi connectivity index (χ4n) is 3.47. The average molecular weight is 478 g/mol. The molecule has 0 N–H and O–H groups in total. The molecule has 0 bridgehead atoms. The zero-order valence-corrected chi connectivity index (χ0v) is 19.2. The monoisotopic (exact) mass is 477 g/mol. The molecule has 4 rings (SSSR count). The predicted octanol–water partition coefficient (Wildman–Crippen LogP) is 4.42. The second kappa shape index (κ2) is 9.61. The highest BCUT2D eigenvalue weighted by Crippen LogP contribution is 2.30. The van der Waals surface area contributed by atoms with Gasteiger partial charge in [0.05, 0.1) is 45.1 Å². The highest BCUT2D eigenvalue weighted by Gasteiger charge is 2.27. The normalized spacial score (nSPS) is 15.3. The zero-order valence-electron chi connectivity index (χ0n) is 16.9. The van der Waals surface area contributed by atoms with Gasteiger partial charge in [0.1, 0.15) is 0 Å². The maximum Gasteiger partial charge on any atom is 0.266 e. The molecule has 1 saturated heterocycles. The largest absolute Gasteiger partial charge is 0.378 e. The van der Waals surface area contributed by atoms with Crippen LogP contribution < -0.4 is 5.56 Å². The number of thioether (sulfide) groups is 1. The van der Waals surface area contributed by atoms with Gasteiger partial charge in [-0.3, -0.25) is 14.2 Å². The van der Waals surface area contributed by atoms with E-state index in [1.54, 1.807) is 36.4 Å². The van der Waals surface area contributed by atoms with Gasteiger partial charge in [0.2, 0.25) is 5.91 Å². The SMILES string of the molecule is CCC(Sc1nc2ccccc2c(=O)n1-c1ccc(Cl)c(Cl)c1)C(=O)N1CCOCC1. The Morgan fingerprint density at radius 2 is 1.90 bits per heavy atom. The fraction of sp³-hybridized carbons (Fsp3) is 0.318. The van der Waals surface area contributed by atoms with E-state index in [0.717, 1.165) is 0 Å². The molecule has 0 aliphatic carbocycles. The van der Waals surface area contributed by atoms with Gasteiger partial charge in [0.25, 0.3) is 5.56 Å². The summed E-state index contributed by atoms with van der Waals surface area (Å²) in [7, 11) is 0. The molecule has 162 valence electrons. The van der Waals surface area contributed by atoms with Crippen molar-refractivity contribution in [3.8, 4) is 5.69 Å². The van der Waals surface area contributed by atoms with Crippen molar-refractivity contribution >= 4 is 51.8 Å². The van der Waals surface area contributed by atoms with Crippen LogP contribution in [0.2, 0.25) is 10.0 Å². The molecule has 1 unspecified atom stereocenters. The summed E-state index contributed by atoms with van der Waals surface area (Å²) >= 11 is 13.6. The quantitative estimate of drug-likeness (QED) is 0.401. The second-order valence-electron chi connectivity index (χ2n) is 7.10. The van der Waals surface area contributed by atoms with Gasteiger partial charge in [-0.1, -0.05) is 54.0 Å². The summed E-state index contributed by atoms with van der Waals surface area (Å²) in [6.07, 6.45) is 0.602. The number of carbonyl (C=O) groups is 1. The number of hydrogen-bond acceptors (Lipinski definition) is 5. The maximum atomic E-state index is 13.4. The zero-order chi connectivity index (χ0) is 22.0. The Morgan fingerprint density at radius 1 is 1.16 bits per heavy atom. The highest BCUT2D eigenvalue weighted by molar-refractivity contribution is 8.00. The van der Waals surface area contributed by atoms with Crippen molar-refractivity contribution in [3.63, 3.8) is 0 Å². The third kappa shape index (κ3) is 4.60. The van der Waals surface area contributed by atoms with Crippen LogP contribution in [0.4, 0.5) is 0 Å². The van der Waals surface area contributed by atoms with Gasteiger partial charge in [-0.25, -0.2) is 4.98 Å². The molecule has 2 aromatic carbocycles. The molecule has 1 fully saturated rings. The summed E-state index contributed by atoms with van der Waals surface area (Å²) in [5, 5.41) is 1.29. The van der Waals surface area contributed by atoms with Gasteiger partial charge < -0.3 is 9.64 Å². The van der Waals surface area contributed by atoms with Gasteiger partial charge in [0, 0.05) is 13.1 Å². The minimum atomic E-state index is -0.375. The molecule has 3 aromatic rings.